The Morgan fingerprint density at radius 1 is 1.42 bits per heavy atom. The Bertz CT molecular complexity index is 135. The molecule has 1 heterocycles. The molecule has 74 valence electrons. The molecule has 6 heteroatoms. The van der Waals surface area contributed by atoms with Gasteiger partial charge in [0.15, 0.2) is 0 Å². The summed E-state index contributed by atoms with van der Waals surface area (Å²) in [7, 11) is 0. The smallest absolute Gasteiger partial charge is 0.381 e. The van der Waals surface area contributed by atoms with E-state index >= 15 is 0 Å². The fourth-order valence-electron chi connectivity index (χ4n) is 1.10. The number of alkyl halides is 3. The molecule has 0 saturated carbocycles. The largest absolute Gasteiger partial charge is 0.403 e. The molecule has 1 fully saturated rings. The summed E-state index contributed by atoms with van der Waals surface area (Å²) >= 11 is 0. The molecule has 0 amide bonds. The zero-order chi connectivity index (χ0) is 8.48. The van der Waals surface area contributed by atoms with Crippen LogP contribution < -0.4 is 5.73 Å². The standard InChI is InChI=1S/C6H10F3NO.ClH/c7-6(8,9)5(10)4-1-2-11-3-4;/h4-5H,1-3,10H2;1H/t4?,5-;/m1./s1. The number of rotatable bonds is 1. The van der Waals surface area contributed by atoms with Crippen LogP contribution in [0.3, 0.4) is 0 Å². The molecule has 2 atom stereocenters. The lowest BCUT2D eigenvalue weighted by Crippen LogP contribution is -2.43. The van der Waals surface area contributed by atoms with E-state index < -0.39 is 18.1 Å². The number of hydrogen-bond donors (Lipinski definition) is 1. The van der Waals surface area contributed by atoms with Crippen molar-refractivity contribution in [1.29, 1.82) is 0 Å². The molecule has 0 radical (unpaired) electrons. The van der Waals surface area contributed by atoms with Gasteiger partial charge in [0, 0.05) is 12.5 Å². The molecule has 2 nitrogen and oxygen atoms in total. The van der Waals surface area contributed by atoms with E-state index in [1.54, 1.807) is 0 Å². The lowest BCUT2D eigenvalue weighted by molar-refractivity contribution is -0.158. The van der Waals surface area contributed by atoms with Gasteiger partial charge in [-0.2, -0.15) is 13.2 Å². The molecular formula is C6H11ClF3NO. The highest BCUT2D eigenvalue weighted by Crippen LogP contribution is 2.28. The first-order valence-electron chi connectivity index (χ1n) is 3.42. The number of ether oxygens (including phenoxy) is 1. The van der Waals surface area contributed by atoms with Gasteiger partial charge in [-0.1, -0.05) is 0 Å². The average Bonchev–Trinajstić information content (AvgIpc) is 2.34. The van der Waals surface area contributed by atoms with Crippen LogP contribution in [0.25, 0.3) is 0 Å². The topological polar surface area (TPSA) is 35.2 Å². The Morgan fingerprint density at radius 2 is 2.00 bits per heavy atom. The monoisotopic (exact) mass is 205 g/mol. The van der Waals surface area contributed by atoms with Crippen molar-refractivity contribution in [2.75, 3.05) is 13.2 Å². The fraction of sp³-hybridized carbons (Fsp3) is 1.00. The van der Waals surface area contributed by atoms with Gasteiger partial charge in [0.25, 0.3) is 0 Å². The highest BCUT2D eigenvalue weighted by atomic mass is 35.5. The van der Waals surface area contributed by atoms with Gasteiger partial charge in [-0.25, -0.2) is 0 Å². The molecule has 1 saturated heterocycles. The molecule has 1 aliphatic rings. The number of nitrogens with two attached hydrogens (primary N) is 1. The first-order valence-corrected chi connectivity index (χ1v) is 3.42. The van der Waals surface area contributed by atoms with Crippen molar-refractivity contribution in [2.24, 2.45) is 11.7 Å². The fourth-order valence-corrected chi connectivity index (χ4v) is 1.10. The second-order valence-corrected chi connectivity index (χ2v) is 2.69. The van der Waals surface area contributed by atoms with E-state index in [2.05, 4.69) is 0 Å². The van der Waals surface area contributed by atoms with Gasteiger partial charge in [0.05, 0.1) is 6.61 Å². The predicted molar refractivity (Wildman–Crippen MR) is 40.2 cm³/mol. The first-order chi connectivity index (χ1) is 5.02. The summed E-state index contributed by atoms with van der Waals surface area (Å²) in [4.78, 5) is 0. The van der Waals surface area contributed by atoms with E-state index in [0.717, 1.165) is 0 Å². The Hall–Kier alpha value is -0.0000000000000000555. The van der Waals surface area contributed by atoms with Crippen LogP contribution in [0.2, 0.25) is 0 Å². The van der Waals surface area contributed by atoms with Gasteiger partial charge in [0.2, 0.25) is 0 Å². The maximum atomic E-state index is 11.9. The molecular weight excluding hydrogens is 195 g/mol. The quantitative estimate of drug-likeness (QED) is 0.701. The third-order valence-electron chi connectivity index (χ3n) is 1.85. The molecule has 0 aliphatic carbocycles. The third kappa shape index (κ3) is 2.80. The van der Waals surface area contributed by atoms with Gasteiger partial charge in [-0.05, 0) is 6.42 Å². The molecule has 1 aliphatic heterocycles. The van der Waals surface area contributed by atoms with Crippen LogP contribution in [-0.2, 0) is 4.74 Å². The van der Waals surface area contributed by atoms with E-state index in [-0.39, 0.29) is 19.0 Å². The predicted octanol–water partition coefficient (Wildman–Crippen LogP) is 1.33. The van der Waals surface area contributed by atoms with Crippen molar-refractivity contribution in [3.05, 3.63) is 0 Å². The van der Waals surface area contributed by atoms with E-state index in [1.165, 1.54) is 0 Å². The highest BCUT2D eigenvalue weighted by Gasteiger charge is 2.42. The number of halogens is 4. The summed E-state index contributed by atoms with van der Waals surface area (Å²) in [5.74, 6) is -0.546. The maximum absolute atomic E-state index is 11.9. The summed E-state index contributed by atoms with van der Waals surface area (Å²) in [6, 6.07) is -1.72. The van der Waals surface area contributed by atoms with Crippen molar-refractivity contribution in [3.63, 3.8) is 0 Å². The number of hydrogen-bond acceptors (Lipinski definition) is 2. The SMILES string of the molecule is Cl.N[C@H](C1CCOC1)C(F)(F)F. The van der Waals surface area contributed by atoms with Crippen molar-refractivity contribution in [2.45, 2.75) is 18.6 Å². The Labute approximate surface area is 74.7 Å². The third-order valence-corrected chi connectivity index (χ3v) is 1.85. The Balaban J connectivity index is 0.00000121. The van der Waals surface area contributed by atoms with Gasteiger partial charge in [0.1, 0.15) is 6.04 Å². The van der Waals surface area contributed by atoms with Crippen molar-refractivity contribution >= 4 is 12.4 Å². The lowest BCUT2D eigenvalue weighted by Gasteiger charge is -2.20. The minimum absolute atomic E-state index is 0. The molecule has 0 aromatic carbocycles. The summed E-state index contributed by atoms with van der Waals surface area (Å²) < 4.78 is 40.6. The maximum Gasteiger partial charge on any atom is 0.403 e. The van der Waals surface area contributed by atoms with Crippen molar-refractivity contribution in [1.82, 2.24) is 0 Å². The molecule has 0 spiro atoms. The summed E-state index contributed by atoms with van der Waals surface area (Å²) in [6.45, 7) is 0.537. The van der Waals surface area contributed by atoms with E-state index in [9.17, 15) is 13.2 Å². The second-order valence-electron chi connectivity index (χ2n) is 2.69. The minimum atomic E-state index is -4.28. The molecule has 0 aromatic heterocycles. The van der Waals surface area contributed by atoms with Crippen LogP contribution in [0.5, 0.6) is 0 Å². The minimum Gasteiger partial charge on any atom is -0.381 e. The van der Waals surface area contributed by atoms with Crippen molar-refractivity contribution in [3.8, 4) is 0 Å². The van der Waals surface area contributed by atoms with Crippen LogP contribution in [0.1, 0.15) is 6.42 Å². The second kappa shape index (κ2) is 4.30. The molecule has 12 heavy (non-hydrogen) atoms. The average molecular weight is 206 g/mol. The van der Waals surface area contributed by atoms with Crippen LogP contribution in [0.15, 0.2) is 0 Å². The summed E-state index contributed by atoms with van der Waals surface area (Å²) in [5.41, 5.74) is 4.95. The van der Waals surface area contributed by atoms with Crippen LogP contribution >= 0.6 is 12.4 Å². The molecule has 2 N–H and O–H groups in total. The summed E-state index contributed by atoms with van der Waals surface area (Å²) in [5, 5.41) is 0. The van der Waals surface area contributed by atoms with Gasteiger partial charge in [-0.3, -0.25) is 0 Å². The van der Waals surface area contributed by atoms with Crippen LogP contribution in [0.4, 0.5) is 13.2 Å². The van der Waals surface area contributed by atoms with Crippen LogP contribution in [0, 0.1) is 5.92 Å². The zero-order valence-electron chi connectivity index (χ0n) is 6.30. The first kappa shape index (κ1) is 12.0. The Kier molecular flexibility index (Phi) is 4.30. The van der Waals surface area contributed by atoms with Crippen LogP contribution in [-0.4, -0.2) is 25.4 Å². The molecule has 0 bridgehead atoms. The van der Waals surface area contributed by atoms with E-state index in [1.807, 2.05) is 0 Å². The Morgan fingerprint density at radius 3 is 2.33 bits per heavy atom. The van der Waals surface area contributed by atoms with E-state index in [0.29, 0.717) is 13.0 Å². The molecule has 0 aromatic rings. The van der Waals surface area contributed by atoms with Crippen molar-refractivity contribution < 1.29 is 17.9 Å². The highest BCUT2D eigenvalue weighted by molar-refractivity contribution is 5.85. The van der Waals surface area contributed by atoms with Gasteiger partial charge in [-0.15, -0.1) is 12.4 Å². The molecule has 1 rings (SSSR count). The van der Waals surface area contributed by atoms with Gasteiger partial charge >= 0.3 is 6.18 Å². The normalized spacial score (nSPS) is 26.5. The van der Waals surface area contributed by atoms with E-state index in [4.69, 9.17) is 10.5 Å². The zero-order valence-corrected chi connectivity index (χ0v) is 7.12. The van der Waals surface area contributed by atoms with Gasteiger partial charge < -0.3 is 10.5 Å². The summed E-state index contributed by atoms with van der Waals surface area (Å²) in [6.07, 6.45) is -3.86. The molecule has 1 unspecified atom stereocenters. The lowest BCUT2D eigenvalue weighted by atomic mass is 10.00.